The van der Waals surface area contributed by atoms with Crippen molar-refractivity contribution < 1.29 is 19.5 Å². The number of Topliss-reactive ketones (excluding diaryl/α,β-unsaturated/α-hetero) is 3. The summed E-state index contributed by atoms with van der Waals surface area (Å²) >= 11 is 6.05. The molecule has 156 valence electrons. The smallest absolute Gasteiger partial charge is 0.163 e. The van der Waals surface area contributed by atoms with Crippen molar-refractivity contribution in [3.63, 3.8) is 0 Å². The number of hydrogen-bond acceptors (Lipinski definition) is 6. The predicted molar refractivity (Wildman–Crippen MR) is 111 cm³/mol. The fraction of sp³-hybridized carbons (Fsp3) is 0.364. The summed E-state index contributed by atoms with van der Waals surface area (Å²) < 4.78 is 1.80. The highest BCUT2D eigenvalue weighted by molar-refractivity contribution is 6.32. The standard InChI is InChI=1S/C16H14ClN3O2.C6H8O2/c17-10-8-9(4-5-12(10)21)16-15-11(2-1-3-13(15)22)19-14-6-7-18-20(14)16;7-5-2-1-3-6(8)4-5/h4-8,16,19,21H,1-3H2;1-4H2. The Kier molecular flexibility index (Phi) is 5.72. The van der Waals surface area contributed by atoms with Crippen LogP contribution in [-0.4, -0.2) is 32.2 Å². The summed E-state index contributed by atoms with van der Waals surface area (Å²) in [7, 11) is 0. The highest BCUT2D eigenvalue weighted by Gasteiger charge is 2.35. The molecular weight excluding hydrogens is 406 g/mol. The summed E-state index contributed by atoms with van der Waals surface area (Å²) in [5.74, 6) is 1.26. The van der Waals surface area contributed by atoms with Crippen molar-refractivity contribution in [1.29, 1.82) is 0 Å². The zero-order chi connectivity index (χ0) is 21.3. The molecule has 1 atom stereocenters. The third kappa shape index (κ3) is 4.03. The van der Waals surface area contributed by atoms with Crippen molar-refractivity contribution in [2.75, 3.05) is 5.32 Å². The topological polar surface area (TPSA) is 101 Å². The molecular formula is C22H22ClN3O4. The van der Waals surface area contributed by atoms with E-state index in [1.54, 1.807) is 29.1 Å². The third-order valence-electron chi connectivity index (χ3n) is 5.52. The van der Waals surface area contributed by atoms with Gasteiger partial charge in [-0.2, -0.15) is 5.10 Å². The highest BCUT2D eigenvalue weighted by Crippen LogP contribution is 2.41. The minimum atomic E-state index is -0.299. The van der Waals surface area contributed by atoms with Gasteiger partial charge in [-0.3, -0.25) is 14.4 Å². The van der Waals surface area contributed by atoms with Crippen LogP contribution in [0.1, 0.15) is 56.6 Å². The first-order valence-corrected chi connectivity index (χ1v) is 10.4. The second kappa shape index (κ2) is 8.44. The Bertz CT molecular complexity index is 1040. The van der Waals surface area contributed by atoms with Crippen LogP contribution in [0.25, 0.3) is 0 Å². The molecule has 2 aliphatic carbocycles. The van der Waals surface area contributed by atoms with E-state index in [0.29, 0.717) is 19.3 Å². The lowest BCUT2D eigenvalue weighted by Crippen LogP contribution is -2.31. The maximum absolute atomic E-state index is 12.5. The molecule has 2 N–H and O–H groups in total. The lowest BCUT2D eigenvalue weighted by Gasteiger charge is -2.33. The molecule has 3 aliphatic rings. The molecule has 1 aliphatic heterocycles. The normalized spacial score (nSPS) is 20.7. The first-order valence-electron chi connectivity index (χ1n) is 10.0. The van der Waals surface area contributed by atoms with E-state index < -0.39 is 0 Å². The molecule has 0 spiro atoms. The van der Waals surface area contributed by atoms with E-state index in [2.05, 4.69) is 10.4 Å². The van der Waals surface area contributed by atoms with Crippen LogP contribution in [-0.2, 0) is 14.4 Å². The van der Waals surface area contributed by atoms with Gasteiger partial charge in [-0.1, -0.05) is 17.7 Å². The molecule has 7 nitrogen and oxygen atoms in total. The van der Waals surface area contributed by atoms with E-state index >= 15 is 0 Å². The third-order valence-corrected chi connectivity index (χ3v) is 5.82. The minimum Gasteiger partial charge on any atom is -0.506 e. The first kappa shape index (κ1) is 20.3. The monoisotopic (exact) mass is 427 g/mol. The fourth-order valence-corrected chi connectivity index (χ4v) is 4.28. The van der Waals surface area contributed by atoms with Crippen LogP contribution >= 0.6 is 11.6 Å². The van der Waals surface area contributed by atoms with E-state index in [9.17, 15) is 19.5 Å². The minimum absolute atomic E-state index is 0.0317. The maximum Gasteiger partial charge on any atom is 0.163 e. The molecule has 1 aromatic carbocycles. The number of carbonyl (C=O) groups is 3. The van der Waals surface area contributed by atoms with Gasteiger partial charge in [0.1, 0.15) is 29.2 Å². The highest BCUT2D eigenvalue weighted by atomic mass is 35.5. The zero-order valence-corrected chi connectivity index (χ0v) is 17.1. The van der Waals surface area contributed by atoms with E-state index in [-0.39, 0.29) is 40.6 Å². The average Bonchev–Trinajstić information content (AvgIpc) is 3.17. The average molecular weight is 428 g/mol. The molecule has 1 saturated carbocycles. The van der Waals surface area contributed by atoms with E-state index in [1.165, 1.54) is 0 Å². The van der Waals surface area contributed by atoms with Crippen LogP contribution < -0.4 is 5.32 Å². The van der Waals surface area contributed by atoms with E-state index in [1.807, 2.05) is 6.07 Å². The van der Waals surface area contributed by atoms with Gasteiger partial charge >= 0.3 is 0 Å². The van der Waals surface area contributed by atoms with Gasteiger partial charge in [0.2, 0.25) is 0 Å². The molecule has 1 unspecified atom stereocenters. The number of allylic oxidation sites excluding steroid dienone is 2. The van der Waals surface area contributed by atoms with E-state index in [4.69, 9.17) is 11.6 Å². The van der Waals surface area contributed by atoms with Gasteiger partial charge in [0.15, 0.2) is 5.78 Å². The van der Waals surface area contributed by atoms with Crippen LogP contribution in [0.2, 0.25) is 5.02 Å². The molecule has 2 aromatic rings. The molecule has 2 heterocycles. The number of aromatic hydroxyl groups is 1. The largest absolute Gasteiger partial charge is 0.506 e. The summed E-state index contributed by atoms with van der Waals surface area (Å²) in [4.78, 5) is 33.4. The number of nitrogens with one attached hydrogen (secondary N) is 1. The number of halogens is 1. The predicted octanol–water partition coefficient (Wildman–Crippen LogP) is 3.96. The van der Waals surface area contributed by atoms with Crippen LogP contribution in [0.5, 0.6) is 5.75 Å². The fourth-order valence-electron chi connectivity index (χ4n) is 4.09. The molecule has 0 amide bonds. The van der Waals surface area contributed by atoms with Crippen molar-refractivity contribution in [2.24, 2.45) is 0 Å². The number of ketones is 3. The number of phenols is 1. The number of aromatic nitrogens is 2. The molecule has 1 aromatic heterocycles. The van der Waals surface area contributed by atoms with Gasteiger partial charge < -0.3 is 10.4 Å². The van der Waals surface area contributed by atoms with Crippen LogP contribution in [0.4, 0.5) is 5.82 Å². The van der Waals surface area contributed by atoms with Crippen LogP contribution in [0.3, 0.4) is 0 Å². The van der Waals surface area contributed by atoms with Gasteiger partial charge in [-0.05, 0) is 37.0 Å². The van der Waals surface area contributed by atoms with Gasteiger partial charge in [-0.25, -0.2) is 4.68 Å². The second-order valence-electron chi connectivity index (χ2n) is 7.68. The molecule has 1 fully saturated rings. The number of fused-ring (bicyclic) bond motifs is 1. The molecule has 8 heteroatoms. The summed E-state index contributed by atoms with van der Waals surface area (Å²) in [6.45, 7) is 0. The van der Waals surface area contributed by atoms with E-state index in [0.717, 1.165) is 41.9 Å². The Morgan fingerprint density at radius 3 is 2.43 bits per heavy atom. The van der Waals surface area contributed by atoms with Gasteiger partial charge in [0.05, 0.1) is 17.6 Å². The van der Waals surface area contributed by atoms with Crippen molar-refractivity contribution in [3.05, 3.63) is 52.3 Å². The van der Waals surface area contributed by atoms with Crippen LogP contribution in [0.15, 0.2) is 41.7 Å². The Hall–Kier alpha value is -2.93. The Morgan fingerprint density at radius 1 is 1.03 bits per heavy atom. The van der Waals surface area contributed by atoms with Gasteiger partial charge in [-0.15, -0.1) is 0 Å². The second-order valence-corrected chi connectivity index (χ2v) is 8.08. The molecule has 5 rings (SSSR count). The maximum atomic E-state index is 12.5. The molecule has 0 bridgehead atoms. The van der Waals surface area contributed by atoms with Crippen molar-refractivity contribution in [1.82, 2.24) is 9.78 Å². The zero-order valence-electron chi connectivity index (χ0n) is 16.4. The number of benzene rings is 1. The van der Waals surface area contributed by atoms with Gasteiger partial charge in [0.25, 0.3) is 0 Å². The molecule has 0 saturated heterocycles. The summed E-state index contributed by atoms with van der Waals surface area (Å²) in [5.41, 5.74) is 2.57. The molecule has 30 heavy (non-hydrogen) atoms. The lowest BCUT2D eigenvalue weighted by atomic mass is 9.85. The summed E-state index contributed by atoms with van der Waals surface area (Å²) in [6.07, 6.45) is 6.19. The van der Waals surface area contributed by atoms with Crippen molar-refractivity contribution >= 4 is 34.8 Å². The lowest BCUT2D eigenvalue weighted by molar-refractivity contribution is -0.129. The van der Waals surface area contributed by atoms with Crippen molar-refractivity contribution in [3.8, 4) is 5.75 Å². The molecule has 0 radical (unpaired) electrons. The Labute approximate surface area is 178 Å². The van der Waals surface area contributed by atoms with Crippen molar-refractivity contribution in [2.45, 2.75) is 51.0 Å². The SMILES string of the molecule is O=C1CCCC(=O)C1.O=C1CCCC2=C1C(c1ccc(O)c(Cl)c1)n1nccc1N2. The Morgan fingerprint density at radius 2 is 1.77 bits per heavy atom. The van der Waals surface area contributed by atoms with Gasteiger partial charge in [0, 0.05) is 36.6 Å². The summed E-state index contributed by atoms with van der Waals surface area (Å²) in [5, 5.41) is 17.6. The van der Waals surface area contributed by atoms with Crippen LogP contribution in [0, 0.1) is 0 Å². The number of nitrogens with zero attached hydrogens (tertiary/aromatic N) is 2. The number of carbonyl (C=O) groups excluding carboxylic acids is 3. The first-order chi connectivity index (χ1) is 14.4. The quantitative estimate of drug-likeness (QED) is 0.668. The number of phenolic OH excluding ortho intramolecular Hbond substituents is 1. The number of hydrogen-bond donors (Lipinski definition) is 2. The summed E-state index contributed by atoms with van der Waals surface area (Å²) in [6, 6.07) is 6.63. The number of rotatable bonds is 1. The number of anilines is 1. The Balaban J connectivity index is 0.000000230.